The molecular formula is C23H25N3O5S. The molecule has 2 aliphatic heterocycles. The van der Waals surface area contributed by atoms with E-state index in [4.69, 9.17) is 4.74 Å². The second-order valence-electron chi connectivity index (χ2n) is 7.77. The highest BCUT2D eigenvalue weighted by molar-refractivity contribution is 7.89. The van der Waals surface area contributed by atoms with E-state index in [2.05, 4.69) is 23.3 Å². The second-order valence-corrected chi connectivity index (χ2v) is 9.70. The Hall–Kier alpha value is -3.17. The Kier molecular flexibility index (Phi) is 6.29. The lowest BCUT2D eigenvalue weighted by atomic mass is 10.1. The Labute approximate surface area is 187 Å². The fraction of sp³-hybridized carbons (Fsp3) is 0.304. The summed E-state index contributed by atoms with van der Waals surface area (Å²) >= 11 is 0. The van der Waals surface area contributed by atoms with E-state index in [9.17, 15) is 18.0 Å². The van der Waals surface area contributed by atoms with Gasteiger partial charge in [0.25, 0.3) is 5.91 Å². The number of amides is 2. The van der Waals surface area contributed by atoms with Gasteiger partial charge in [0.2, 0.25) is 15.9 Å². The largest absolute Gasteiger partial charge is 0.493 e. The van der Waals surface area contributed by atoms with Crippen molar-refractivity contribution < 1.29 is 22.7 Å². The van der Waals surface area contributed by atoms with Gasteiger partial charge >= 0.3 is 0 Å². The number of ether oxygens (including phenoxy) is 1. The quantitative estimate of drug-likeness (QED) is 0.584. The normalized spacial score (nSPS) is 15.9. The van der Waals surface area contributed by atoms with Crippen molar-refractivity contribution in [3.8, 4) is 5.75 Å². The molecule has 0 aromatic heterocycles. The van der Waals surface area contributed by atoms with E-state index < -0.39 is 10.0 Å². The van der Waals surface area contributed by atoms with Gasteiger partial charge in [0.05, 0.1) is 17.5 Å². The van der Waals surface area contributed by atoms with Gasteiger partial charge in [0.15, 0.2) is 0 Å². The minimum Gasteiger partial charge on any atom is -0.493 e. The van der Waals surface area contributed by atoms with Crippen molar-refractivity contribution in [1.29, 1.82) is 0 Å². The van der Waals surface area contributed by atoms with E-state index in [1.165, 1.54) is 34.1 Å². The Morgan fingerprint density at radius 3 is 2.62 bits per heavy atom. The summed E-state index contributed by atoms with van der Waals surface area (Å²) in [6.07, 6.45) is 2.72. The molecule has 168 valence electrons. The smallest absolute Gasteiger partial charge is 0.251 e. The number of carbonyl (C=O) groups excluding carboxylic acids is 2. The Morgan fingerprint density at radius 2 is 1.91 bits per heavy atom. The number of nitrogens with zero attached hydrogens (tertiary/aromatic N) is 1. The predicted molar refractivity (Wildman–Crippen MR) is 119 cm³/mol. The van der Waals surface area contributed by atoms with Crippen LogP contribution in [0, 0.1) is 0 Å². The van der Waals surface area contributed by atoms with Crippen molar-refractivity contribution in [2.24, 2.45) is 0 Å². The third-order valence-corrected chi connectivity index (χ3v) is 7.46. The first-order valence-corrected chi connectivity index (χ1v) is 11.9. The molecule has 0 aliphatic carbocycles. The van der Waals surface area contributed by atoms with Crippen molar-refractivity contribution in [3.05, 3.63) is 71.8 Å². The number of sulfonamides is 1. The highest BCUT2D eigenvalue weighted by Crippen LogP contribution is 2.29. The summed E-state index contributed by atoms with van der Waals surface area (Å²) in [4.78, 5) is 23.9. The molecule has 4 rings (SSSR count). The van der Waals surface area contributed by atoms with Crippen LogP contribution in [0.4, 0.5) is 0 Å². The zero-order chi connectivity index (χ0) is 22.7. The summed E-state index contributed by atoms with van der Waals surface area (Å²) in [7, 11) is -3.67. The molecule has 32 heavy (non-hydrogen) atoms. The molecule has 2 heterocycles. The van der Waals surface area contributed by atoms with E-state index >= 15 is 0 Å². The summed E-state index contributed by atoms with van der Waals surface area (Å²) < 4.78 is 32.4. The molecule has 0 spiro atoms. The van der Waals surface area contributed by atoms with E-state index in [0.717, 1.165) is 23.8 Å². The Bertz CT molecular complexity index is 1140. The van der Waals surface area contributed by atoms with Gasteiger partial charge in [-0.25, -0.2) is 8.42 Å². The molecule has 2 aliphatic rings. The number of nitrogens with one attached hydrogen (secondary N) is 2. The minimum atomic E-state index is -3.67. The van der Waals surface area contributed by atoms with Crippen LogP contribution in [-0.4, -0.2) is 56.8 Å². The van der Waals surface area contributed by atoms with Crippen molar-refractivity contribution in [2.75, 3.05) is 26.2 Å². The lowest BCUT2D eigenvalue weighted by molar-refractivity contribution is -0.117. The molecule has 1 saturated heterocycles. The Balaban J connectivity index is 1.30. The number of fused-ring (bicyclic) bond motifs is 1. The summed E-state index contributed by atoms with van der Waals surface area (Å²) in [6.45, 7) is 4.92. The van der Waals surface area contributed by atoms with Crippen molar-refractivity contribution in [1.82, 2.24) is 14.9 Å². The van der Waals surface area contributed by atoms with Crippen LogP contribution in [0.3, 0.4) is 0 Å². The van der Waals surface area contributed by atoms with E-state index in [-0.39, 0.29) is 35.8 Å². The van der Waals surface area contributed by atoms with Crippen LogP contribution in [0.15, 0.2) is 60.0 Å². The molecule has 0 bridgehead atoms. The zero-order valence-electron chi connectivity index (χ0n) is 17.5. The fourth-order valence-electron chi connectivity index (χ4n) is 3.81. The first-order chi connectivity index (χ1) is 15.4. The Morgan fingerprint density at radius 1 is 1.16 bits per heavy atom. The van der Waals surface area contributed by atoms with Gasteiger partial charge in [-0.05, 0) is 47.9 Å². The van der Waals surface area contributed by atoms with Crippen LogP contribution in [0.2, 0.25) is 0 Å². The van der Waals surface area contributed by atoms with Gasteiger partial charge in [0.1, 0.15) is 5.75 Å². The van der Waals surface area contributed by atoms with Crippen LogP contribution in [-0.2, 0) is 27.7 Å². The first kappa shape index (κ1) is 22.0. The SMILES string of the molecule is C=CC(=O)NC1CN(S(=O)(=O)c2ccc(C(=O)NCCc3cccc4c3OCC4)cc2)C1. The van der Waals surface area contributed by atoms with Crippen LogP contribution in [0.25, 0.3) is 0 Å². The molecule has 0 saturated carbocycles. The summed E-state index contributed by atoms with van der Waals surface area (Å²) in [5, 5.41) is 5.53. The highest BCUT2D eigenvalue weighted by Gasteiger charge is 2.37. The van der Waals surface area contributed by atoms with Crippen molar-refractivity contribution in [2.45, 2.75) is 23.8 Å². The molecule has 2 amide bonds. The standard InChI is InChI=1S/C23H25N3O5S/c1-2-21(27)25-19-14-26(15-19)32(29,30)20-8-6-18(7-9-20)23(28)24-12-10-16-4-3-5-17-11-13-31-22(16)17/h2-9,19H,1,10-15H2,(H,24,28)(H,25,27). The van der Waals surface area contributed by atoms with Gasteiger partial charge in [-0.2, -0.15) is 4.31 Å². The van der Waals surface area contributed by atoms with Crippen LogP contribution >= 0.6 is 0 Å². The monoisotopic (exact) mass is 455 g/mol. The third-order valence-electron chi connectivity index (χ3n) is 5.61. The number of hydrogen-bond donors (Lipinski definition) is 2. The predicted octanol–water partition coefficient (Wildman–Crippen LogP) is 1.27. The highest BCUT2D eigenvalue weighted by atomic mass is 32.2. The maximum absolute atomic E-state index is 12.7. The van der Waals surface area contributed by atoms with Crippen molar-refractivity contribution in [3.63, 3.8) is 0 Å². The van der Waals surface area contributed by atoms with Gasteiger partial charge < -0.3 is 15.4 Å². The number of hydrogen-bond acceptors (Lipinski definition) is 5. The number of benzene rings is 2. The molecule has 1 fully saturated rings. The van der Waals surface area contributed by atoms with Crippen LogP contribution in [0.1, 0.15) is 21.5 Å². The molecule has 0 radical (unpaired) electrons. The first-order valence-electron chi connectivity index (χ1n) is 10.4. The van der Waals surface area contributed by atoms with Gasteiger partial charge in [0, 0.05) is 31.6 Å². The van der Waals surface area contributed by atoms with E-state index in [1.807, 2.05) is 12.1 Å². The topological polar surface area (TPSA) is 105 Å². The molecule has 2 aromatic rings. The van der Waals surface area contributed by atoms with Gasteiger partial charge in [-0.3, -0.25) is 9.59 Å². The summed E-state index contributed by atoms with van der Waals surface area (Å²) in [6, 6.07) is 11.7. The van der Waals surface area contributed by atoms with E-state index in [1.54, 1.807) is 0 Å². The van der Waals surface area contributed by atoms with Crippen LogP contribution < -0.4 is 15.4 Å². The molecular weight excluding hydrogens is 430 g/mol. The molecule has 2 aromatic carbocycles. The minimum absolute atomic E-state index is 0.111. The van der Waals surface area contributed by atoms with Gasteiger partial charge in [-0.15, -0.1) is 0 Å². The fourth-order valence-corrected chi connectivity index (χ4v) is 5.34. The average molecular weight is 456 g/mol. The number of para-hydroxylation sites is 1. The van der Waals surface area contributed by atoms with E-state index in [0.29, 0.717) is 25.1 Å². The average Bonchev–Trinajstić information content (AvgIpc) is 3.25. The second kappa shape index (κ2) is 9.13. The zero-order valence-corrected chi connectivity index (χ0v) is 18.4. The molecule has 9 heteroatoms. The number of rotatable bonds is 8. The molecule has 8 nitrogen and oxygen atoms in total. The molecule has 2 N–H and O–H groups in total. The van der Waals surface area contributed by atoms with Gasteiger partial charge in [-0.1, -0.05) is 24.8 Å². The lowest BCUT2D eigenvalue weighted by Gasteiger charge is -2.38. The number of carbonyl (C=O) groups is 2. The summed E-state index contributed by atoms with van der Waals surface area (Å²) in [5.41, 5.74) is 2.65. The van der Waals surface area contributed by atoms with Crippen molar-refractivity contribution >= 4 is 21.8 Å². The molecule has 0 atom stereocenters. The molecule has 0 unspecified atom stereocenters. The third kappa shape index (κ3) is 4.53. The maximum atomic E-state index is 12.7. The maximum Gasteiger partial charge on any atom is 0.251 e. The summed E-state index contributed by atoms with van der Waals surface area (Å²) in [5.74, 6) is 0.332. The lowest BCUT2D eigenvalue weighted by Crippen LogP contribution is -2.60. The van der Waals surface area contributed by atoms with Crippen LogP contribution in [0.5, 0.6) is 5.75 Å².